The van der Waals surface area contributed by atoms with Gasteiger partial charge in [-0.25, -0.2) is 0 Å². The molecule has 4 rings (SSSR count). The van der Waals surface area contributed by atoms with Gasteiger partial charge in [0, 0.05) is 5.56 Å². The number of fused-ring (bicyclic) bond motifs is 3. The zero-order valence-electron chi connectivity index (χ0n) is 15.7. The van der Waals surface area contributed by atoms with Crippen LogP contribution in [0.5, 0.6) is 0 Å². The van der Waals surface area contributed by atoms with E-state index in [4.69, 9.17) is 4.52 Å². The number of rotatable bonds is 2. The Kier molecular flexibility index (Phi) is 4.18. The van der Waals surface area contributed by atoms with E-state index in [9.17, 15) is 18.3 Å². The van der Waals surface area contributed by atoms with Crippen molar-refractivity contribution in [2.24, 2.45) is 5.92 Å². The summed E-state index contributed by atoms with van der Waals surface area (Å²) in [6, 6.07) is 0.319. The molecule has 0 bridgehead atoms. The second-order valence-corrected chi connectivity index (χ2v) is 8.31. The lowest BCUT2D eigenvalue weighted by Gasteiger charge is -2.30. The van der Waals surface area contributed by atoms with Crippen LogP contribution in [-0.2, 0) is 12.0 Å². The van der Waals surface area contributed by atoms with Gasteiger partial charge in [0.2, 0.25) is 5.60 Å². The zero-order valence-corrected chi connectivity index (χ0v) is 15.7. The molecule has 2 atom stereocenters. The van der Waals surface area contributed by atoms with Crippen LogP contribution in [0.15, 0.2) is 10.7 Å². The summed E-state index contributed by atoms with van der Waals surface area (Å²) in [4.78, 5) is 0. The summed E-state index contributed by atoms with van der Waals surface area (Å²) in [5.74, 6) is 0.777. The van der Waals surface area contributed by atoms with E-state index in [0.717, 1.165) is 44.2 Å². The van der Waals surface area contributed by atoms with Gasteiger partial charge in [0.25, 0.3) is 0 Å². The molecule has 2 aliphatic rings. The number of hydrogen-bond acceptors (Lipinski definition) is 4. The van der Waals surface area contributed by atoms with Gasteiger partial charge in [-0.2, -0.15) is 18.3 Å². The topological polar surface area (TPSA) is 64.1 Å². The third-order valence-corrected chi connectivity index (χ3v) is 6.21. The predicted octanol–water partition coefficient (Wildman–Crippen LogP) is 4.72. The molecular weight excluding hydrogens is 359 g/mol. The Morgan fingerprint density at radius 3 is 2.48 bits per heavy atom. The second-order valence-electron chi connectivity index (χ2n) is 8.31. The van der Waals surface area contributed by atoms with Crippen LogP contribution < -0.4 is 0 Å². The summed E-state index contributed by atoms with van der Waals surface area (Å²) >= 11 is 0. The zero-order chi connectivity index (χ0) is 19.6. The molecule has 0 radical (unpaired) electrons. The van der Waals surface area contributed by atoms with Crippen LogP contribution in [0, 0.1) is 5.92 Å². The third kappa shape index (κ3) is 2.80. The molecule has 2 aliphatic carbocycles. The maximum atomic E-state index is 13.3. The third-order valence-electron chi connectivity index (χ3n) is 6.21. The lowest BCUT2D eigenvalue weighted by molar-refractivity contribution is -0.261. The number of aromatic nitrogens is 3. The van der Waals surface area contributed by atoms with Gasteiger partial charge in [0.1, 0.15) is 5.69 Å². The monoisotopic (exact) mass is 383 g/mol. The van der Waals surface area contributed by atoms with Gasteiger partial charge in [-0.15, -0.1) is 0 Å². The molecule has 0 unspecified atom stereocenters. The van der Waals surface area contributed by atoms with Gasteiger partial charge >= 0.3 is 6.18 Å². The standard InChI is InChI=1S/C19H24F3N3O2/c1-10-4-6-12(7-5-10)25-14-8-11(2)15-16(13(14)9-23-25)27-24-17(15)18(3,26)19(20,21)22/h9-12,26H,4-8H2,1-3H3/t10?,11-,12?,18-/m1/s1. The quantitative estimate of drug-likeness (QED) is 0.815. The van der Waals surface area contributed by atoms with Gasteiger partial charge in [0.05, 0.1) is 23.5 Å². The Morgan fingerprint density at radius 1 is 1.19 bits per heavy atom. The Morgan fingerprint density at radius 2 is 1.85 bits per heavy atom. The number of alkyl halides is 3. The Bertz CT molecular complexity index is 845. The number of aliphatic hydroxyl groups is 1. The molecule has 0 aliphatic heterocycles. The summed E-state index contributed by atoms with van der Waals surface area (Å²) < 4.78 is 47.3. The minimum Gasteiger partial charge on any atom is -0.375 e. The van der Waals surface area contributed by atoms with E-state index in [0.29, 0.717) is 29.3 Å². The molecule has 1 N–H and O–H groups in total. The molecule has 0 saturated heterocycles. The molecule has 0 spiro atoms. The second kappa shape index (κ2) is 6.09. The average molecular weight is 383 g/mol. The van der Waals surface area contributed by atoms with E-state index in [1.165, 1.54) is 0 Å². The molecule has 2 aromatic heterocycles. The first-order valence-electron chi connectivity index (χ1n) is 9.47. The molecule has 2 heterocycles. The van der Waals surface area contributed by atoms with Crippen molar-refractivity contribution in [2.75, 3.05) is 0 Å². The highest BCUT2D eigenvalue weighted by molar-refractivity contribution is 5.68. The maximum absolute atomic E-state index is 13.3. The Labute approximate surface area is 155 Å². The fourth-order valence-corrected chi connectivity index (χ4v) is 4.41. The van der Waals surface area contributed by atoms with Crippen molar-refractivity contribution in [2.45, 2.75) is 76.6 Å². The van der Waals surface area contributed by atoms with E-state index < -0.39 is 17.5 Å². The Balaban J connectivity index is 1.75. The van der Waals surface area contributed by atoms with Crippen LogP contribution in [0.3, 0.4) is 0 Å². The smallest absolute Gasteiger partial charge is 0.375 e. The normalized spacial score (nSPS) is 27.7. The fourth-order valence-electron chi connectivity index (χ4n) is 4.41. The summed E-state index contributed by atoms with van der Waals surface area (Å²) in [6.45, 7) is 4.82. The predicted molar refractivity (Wildman–Crippen MR) is 92.1 cm³/mol. The first kappa shape index (κ1) is 18.5. The number of nitrogens with zero attached hydrogens (tertiary/aromatic N) is 3. The summed E-state index contributed by atoms with van der Waals surface area (Å²) in [7, 11) is 0. The lowest BCUT2D eigenvalue weighted by Crippen LogP contribution is -2.40. The van der Waals surface area contributed by atoms with Crippen LogP contribution >= 0.6 is 0 Å². The van der Waals surface area contributed by atoms with Crippen molar-refractivity contribution in [3.63, 3.8) is 0 Å². The number of hydrogen-bond donors (Lipinski definition) is 1. The van der Waals surface area contributed by atoms with Gasteiger partial charge in [-0.1, -0.05) is 19.0 Å². The van der Waals surface area contributed by atoms with Crippen molar-refractivity contribution in [1.29, 1.82) is 0 Å². The minimum atomic E-state index is -4.83. The minimum absolute atomic E-state index is 0.250. The van der Waals surface area contributed by atoms with Crippen molar-refractivity contribution in [3.8, 4) is 11.3 Å². The van der Waals surface area contributed by atoms with Gasteiger partial charge in [-0.3, -0.25) is 4.68 Å². The van der Waals surface area contributed by atoms with Crippen LogP contribution in [0.25, 0.3) is 11.3 Å². The van der Waals surface area contributed by atoms with Gasteiger partial charge < -0.3 is 9.63 Å². The van der Waals surface area contributed by atoms with Crippen LogP contribution in [0.4, 0.5) is 13.2 Å². The van der Waals surface area contributed by atoms with Crippen LogP contribution in [-0.4, -0.2) is 26.2 Å². The summed E-state index contributed by atoms with van der Waals surface area (Å²) in [5, 5.41) is 18.3. The molecule has 1 fully saturated rings. The molecule has 27 heavy (non-hydrogen) atoms. The molecule has 2 aromatic rings. The molecule has 1 saturated carbocycles. The average Bonchev–Trinajstić information content (AvgIpc) is 3.19. The molecule has 148 valence electrons. The Hall–Kier alpha value is -1.83. The van der Waals surface area contributed by atoms with Crippen molar-refractivity contribution < 1.29 is 22.8 Å². The van der Waals surface area contributed by atoms with E-state index in [1.807, 2.05) is 11.6 Å². The SMILES string of the molecule is CC1CCC(n2ncc3c2C[C@@H](C)c2c([C@@](C)(O)C(F)(F)F)noc2-3)CC1. The maximum Gasteiger partial charge on any atom is 0.422 e. The number of halogens is 3. The largest absolute Gasteiger partial charge is 0.422 e. The summed E-state index contributed by atoms with van der Waals surface area (Å²) in [5.41, 5.74) is -1.47. The summed E-state index contributed by atoms with van der Waals surface area (Å²) in [6.07, 6.45) is 1.80. The first-order chi connectivity index (χ1) is 12.6. The van der Waals surface area contributed by atoms with Crippen LogP contribution in [0.2, 0.25) is 0 Å². The van der Waals surface area contributed by atoms with E-state index in [1.54, 1.807) is 6.20 Å². The van der Waals surface area contributed by atoms with E-state index in [2.05, 4.69) is 17.2 Å². The van der Waals surface area contributed by atoms with Crippen molar-refractivity contribution in [1.82, 2.24) is 14.9 Å². The van der Waals surface area contributed by atoms with Crippen molar-refractivity contribution in [3.05, 3.63) is 23.1 Å². The van der Waals surface area contributed by atoms with E-state index in [-0.39, 0.29) is 5.92 Å². The molecular formula is C19H24F3N3O2. The fraction of sp³-hybridized carbons (Fsp3) is 0.684. The lowest BCUT2D eigenvalue weighted by atomic mass is 9.81. The van der Waals surface area contributed by atoms with Crippen LogP contribution in [0.1, 0.15) is 75.4 Å². The molecule has 8 heteroatoms. The molecule has 5 nitrogen and oxygen atoms in total. The highest BCUT2D eigenvalue weighted by Crippen LogP contribution is 2.48. The highest BCUT2D eigenvalue weighted by Gasteiger charge is 2.55. The molecule has 0 amide bonds. The molecule has 0 aromatic carbocycles. The highest BCUT2D eigenvalue weighted by atomic mass is 19.4. The van der Waals surface area contributed by atoms with Gasteiger partial charge in [-0.05, 0) is 50.9 Å². The van der Waals surface area contributed by atoms with Crippen molar-refractivity contribution >= 4 is 0 Å². The van der Waals surface area contributed by atoms with E-state index >= 15 is 0 Å². The van der Waals surface area contributed by atoms with Gasteiger partial charge in [0.15, 0.2) is 5.76 Å². The first-order valence-corrected chi connectivity index (χ1v) is 9.47.